The highest BCUT2D eigenvalue weighted by atomic mass is 79.9. The van der Waals surface area contributed by atoms with Crippen molar-refractivity contribution in [3.05, 3.63) is 15.9 Å². The molecule has 1 aliphatic carbocycles. The van der Waals surface area contributed by atoms with Crippen molar-refractivity contribution < 1.29 is 0 Å². The predicted octanol–water partition coefficient (Wildman–Crippen LogP) is 4.05. The Kier molecular flexibility index (Phi) is 6.09. The molecule has 4 heteroatoms. The second-order valence-corrected chi connectivity index (χ2v) is 6.90. The first-order valence-electron chi connectivity index (χ1n) is 8.06. The van der Waals surface area contributed by atoms with E-state index in [0.717, 1.165) is 37.0 Å². The second-order valence-electron chi connectivity index (χ2n) is 6.11. The maximum absolute atomic E-state index is 4.54. The van der Waals surface area contributed by atoms with Gasteiger partial charge in [-0.1, -0.05) is 33.1 Å². The molecule has 1 heterocycles. The van der Waals surface area contributed by atoms with Crippen molar-refractivity contribution in [1.29, 1.82) is 0 Å². The average Bonchev–Trinajstić information content (AvgIpc) is 2.75. The van der Waals surface area contributed by atoms with Gasteiger partial charge < -0.3 is 5.32 Å². The minimum Gasteiger partial charge on any atom is -0.311 e. The van der Waals surface area contributed by atoms with Crippen LogP contribution in [-0.4, -0.2) is 16.3 Å². The lowest BCUT2D eigenvalue weighted by atomic mass is 9.81. The Labute approximate surface area is 131 Å². The quantitative estimate of drug-likeness (QED) is 0.845. The van der Waals surface area contributed by atoms with Crippen LogP contribution in [0.15, 0.2) is 4.47 Å². The normalized spacial score (nSPS) is 23.2. The Balaban J connectivity index is 1.78. The van der Waals surface area contributed by atoms with E-state index in [2.05, 4.69) is 40.2 Å². The van der Waals surface area contributed by atoms with Gasteiger partial charge in [0.15, 0.2) is 0 Å². The Bertz CT molecular complexity index is 420. The minimum absolute atomic E-state index is 0.871. The molecule has 2 rings (SSSR count). The molecule has 114 valence electrons. The highest BCUT2D eigenvalue weighted by molar-refractivity contribution is 9.10. The van der Waals surface area contributed by atoms with Crippen LogP contribution in [0.2, 0.25) is 0 Å². The number of rotatable bonds is 6. The molecule has 20 heavy (non-hydrogen) atoms. The lowest BCUT2D eigenvalue weighted by molar-refractivity contribution is 0.262. The molecule has 0 aromatic carbocycles. The second kappa shape index (κ2) is 7.60. The van der Waals surface area contributed by atoms with Crippen LogP contribution < -0.4 is 5.32 Å². The summed E-state index contributed by atoms with van der Waals surface area (Å²) in [5, 5.41) is 8.18. The fourth-order valence-corrected chi connectivity index (χ4v) is 4.01. The third-order valence-corrected chi connectivity index (χ3v) is 5.69. The summed E-state index contributed by atoms with van der Waals surface area (Å²) >= 11 is 3.68. The first kappa shape index (κ1) is 16.0. The lowest BCUT2D eigenvalue weighted by Gasteiger charge is -2.27. The van der Waals surface area contributed by atoms with Crippen LogP contribution in [0.1, 0.15) is 57.3 Å². The van der Waals surface area contributed by atoms with Crippen LogP contribution >= 0.6 is 15.9 Å². The minimum atomic E-state index is 0.871. The summed E-state index contributed by atoms with van der Waals surface area (Å²) in [7, 11) is 2.04. The van der Waals surface area contributed by atoms with Crippen molar-refractivity contribution in [2.45, 2.75) is 58.9 Å². The van der Waals surface area contributed by atoms with Gasteiger partial charge >= 0.3 is 0 Å². The van der Waals surface area contributed by atoms with E-state index in [4.69, 9.17) is 0 Å². The standard InChI is InChI=1S/C16H28BrN3/c1-4-12-6-8-13(9-7-12)10-18-11-15-16(17)14(5-2)19-20(15)3/h12-13,18H,4-11H2,1-3H3. The van der Waals surface area contributed by atoms with E-state index in [1.54, 1.807) is 0 Å². The van der Waals surface area contributed by atoms with Crippen LogP contribution in [-0.2, 0) is 20.0 Å². The molecule has 1 fully saturated rings. The van der Waals surface area contributed by atoms with Gasteiger partial charge in [-0.25, -0.2) is 0 Å². The van der Waals surface area contributed by atoms with Crippen molar-refractivity contribution in [3.8, 4) is 0 Å². The molecule has 1 aromatic heterocycles. The van der Waals surface area contributed by atoms with Crippen LogP contribution in [0.3, 0.4) is 0 Å². The number of nitrogens with zero attached hydrogens (tertiary/aromatic N) is 2. The summed E-state index contributed by atoms with van der Waals surface area (Å²) in [4.78, 5) is 0. The van der Waals surface area contributed by atoms with Crippen molar-refractivity contribution in [1.82, 2.24) is 15.1 Å². The molecule has 1 saturated carbocycles. The molecule has 0 spiro atoms. The van der Waals surface area contributed by atoms with Gasteiger partial charge in [-0.15, -0.1) is 0 Å². The summed E-state index contributed by atoms with van der Waals surface area (Å²) in [5.74, 6) is 1.86. The lowest BCUT2D eigenvalue weighted by Crippen LogP contribution is -2.27. The van der Waals surface area contributed by atoms with Gasteiger partial charge in [-0.05, 0) is 53.6 Å². The average molecular weight is 342 g/mol. The smallest absolute Gasteiger partial charge is 0.0767 e. The highest BCUT2D eigenvalue weighted by Gasteiger charge is 2.20. The SMILES string of the molecule is CCc1nn(C)c(CNCC2CCC(CC)CC2)c1Br. The fourth-order valence-electron chi connectivity index (χ4n) is 3.25. The molecule has 0 radical (unpaired) electrons. The van der Waals surface area contributed by atoms with E-state index in [1.807, 2.05) is 11.7 Å². The monoisotopic (exact) mass is 341 g/mol. The molecular formula is C16H28BrN3. The third-order valence-electron chi connectivity index (χ3n) is 4.77. The molecule has 0 unspecified atom stereocenters. The summed E-state index contributed by atoms with van der Waals surface area (Å²) in [5.41, 5.74) is 2.43. The van der Waals surface area contributed by atoms with E-state index in [-0.39, 0.29) is 0 Å². The zero-order valence-electron chi connectivity index (χ0n) is 13.1. The van der Waals surface area contributed by atoms with E-state index in [0.29, 0.717) is 0 Å². The number of aryl methyl sites for hydroxylation is 2. The van der Waals surface area contributed by atoms with E-state index < -0.39 is 0 Å². The maximum Gasteiger partial charge on any atom is 0.0767 e. The Morgan fingerprint density at radius 2 is 1.85 bits per heavy atom. The molecular weight excluding hydrogens is 314 g/mol. The zero-order valence-corrected chi connectivity index (χ0v) is 14.7. The maximum atomic E-state index is 4.54. The van der Waals surface area contributed by atoms with Gasteiger partial charge in [0.05, 0.1) is 15.9 Å². The molecule has 0 bridgehead atoms. The van der Waals surface area contributed by atoms with Crippen molar-refractivity contribution in [2.24, 2.45) is 18.9 Å². The van der Waals surface area contributed by atoms with Gasteiger partial charge in [0, 0.05) is 13.6 Å². The fraction of sp³-hybridized carbons (Fsp3) is 0.812. The number of nitrogens with one attached hydrogen (secondary N) is 1. The van der Waals surface area contributed by atoms with Gasteiger partial charge in [-0.2, -0.15) is 5.10 Å². The molecule has 0 amide bonds. The molecule has 0 atom stereocenters. The van der Waals surface area contributed by atoms with Crippen molar-refractivity contribution >= 4 is 15.9 Å². The van der Waals surface area contributed by atoms with E-state index >= 15 is 0 Å². The number of aromatic nitrogens is 2. The third kappa shape index (κ3) is 3.85. The Morgan fingerprint density at radius 3 is 2.40 bits per heavy atom. The van der Waals surface area contributed by atoms with Crippen molar-refractivity contribution in [3.63, 3.8) is 0 Å². The van der Waals surface area contributed by atoms with E-state index in [9.17, 15) is 0 Å². The molecule has 1 aromatic rings. The largest absolute Gasteiger partial charge is 0.311 e. The summed E-state index contributed by atoms with van der Waals surface area (Å²) in [6.07, 6.45) is 8.00. The molecule has 1 N–H and O–H groups in total. The predicted molar refractivity (Wildman–Crippen MR) is 87.7 cm³/mol. The molecule has 1 aliphatic rings. The first-order valence-corrected chi connectivity index (χ1v) is 8.85. The highest BCUT2D eigenvalue weighted by Crippen LogP contribution is 2.30. The summed E-state index contributed by atoms with van der Waals surface area (Å²) < 4.78 is 3.19. The van der Waals surface area contributed by atoms with Gasteiger partial charge in [0.1, 0.15) is 0 Å². The number of halogens is 1. The van der Waals surface area contributed by atoms with Gasteiger partial charge in [-0.3, -0.25) is 4.68 Å². The van der Waals surface area contributed by atoms with Crippen molar-refractivity contribution in [2.75, 3.05) is 6.54 Å². The molecule has 0 saturated heterocycles. The van der Waals surface area contributed by atoms with Crippen LogP contribution in [0, 0.1) is 11.8 Å². The Morgan fingerprint density at radius 1 is 1.20 bits per heavy atom. The van der Waals surface area contributed by atoms with Gasteiger partial charge in [0.2, 0.25) is 0 Å². The van der Waals surface area contributed by atoms with Crippen LogP contribution in [0.4, 0.5) is 0 Å². The van der Waals surface area contributed by atoms with Gasteiger partial charge in [0.25, 0.3) is 0 Å². The summed E-state index contributed by atoms with van der Waals surface area (Å²) in [6, 6.07) is 0. The molecule has 0 aliphatic heterocycles. The van der Waals surface area contributed by atoms with E-state index in [1.165, 1.54) is 42.3 Å². The summed E-state index contributed by atoms with van der Waals surface area (Å²) in [6.45, 7) is 6.54. The number of hydrogen-bond acceptors (Lipinski definition) is 2. The zero-order chi connectivity index (χ0) is 14.5. The topological polar surface area (TPSA) is 29.9 Å². The van der Waals surface area contributed by atoms with Crippen LogP contribution in [0.25, 0.3) is 0 Å². The number of hydrogen-bond donors (Lipinski definition) is 1. The Hall–Kier alpha value is -0.350. The molecule has 3 nitrogen and oxygen atoms in total. The van der Waals surface area contributed by atoms with Crippen LogP contribution in [0.5, 0.6) is 0 Å². The first-order chi connectivity index (χ1) is 9.65.